The Morgan fingerprint density at radius 1 is 1.33 bits per heavy atom. The van der Waals surface area contributed by atoms with Gasteiger partial charge in [0.25, 0.3) is 0 Å². The molecule has 0 spiro atoms. The van der Waals surface area contributed by atoms with E-state index < -0.39 is 6.04 Å². The minimum absolute atomic E-state index is 0.0926. The fraction of sp³-hybridized carbons (Fsp3) is 0.375. The molecule has 1 amide bonds. The van der Waals surface area contributed by atoms with Crippen LogP contribution in [0.1, 0.15) is 17.5 Å². The summed E-state index contributed by atoms with van der Waals surface area (Å²) < 4.78 is 1.78. The molecular weight excluding hydrogens is 264 g/mol. The lowest BCUT2D eigenvalue weighted by molar-refractivity contribution is -0.122. The van der Waals surface area contributed by atoms with Crippen LogP contribution in [0.5, 0.6) is 0 Å². The molecule has 1 aromatic carbocycles. The topological polar surface area (TPSA) is 72.9 Å². The van der Waals surface area contributed by atoms with Gasteiger partial charge >= 0.3 is 0 Å². The molecular formula is C16H22N4O. The van der Waals surface area contributed by atoms with E-state index in [1.807, 2.05) is 49.8 Å². The molecule has 0 radical (unpaired) electrons. The third-order valence-electron chi connectivity index (χ3n) is 3.34. The highest BCUT2D eigenvalue weighted by Gasteiger charge is 2.13. The molecule has 1 aromatic heterocycles. The lowest BCUT2D eigenvalue weighted by atomic mass is 10.1. The Labute approximate surface area is 125 Å². The smallest absolute Gasteiger partial charge is 0.237 e. The molecule has 2 aromatic rings. The van der Waals surface area contributed by atoms with Crippen molar-refractivity contribution in [2.45, 2.75) is 25.3 Å². The summed E-state index contributed by atoms with van der Waals surface area (Å²) >= 11 is 0. The maximum absolute atomic E-state index is 11.9. The predicted molar refractivity (Wildman–Crippen MR) is 82.7 cm³/mol. The van der Waals surface area contributed by atoms with E-state index in [-0.39, 0.29) is 5.91 Å². The number of nitrogens with one attached hydrogen (secondary N) is 1. The number of carbonyl (C=O) groups is 1. The lowest BCUT2D eigenvalue weighted by Crippen LogP contribution is -2.42. The van der Waals surface area contributed by atoms with Gasteiger partial charge < -0.3 is 11.1 Å². The normalized spacial score (nSPS) is 12.1. The Morgan fingerprint density at radius 3 is 2.76 bits per heavy atom. The van der Waals surface area contributed by atoms with Gasteiger partial charge in [0.2, 0.25) is 5.91 Å². The minimum atomic E-state index is -0.495. The van der Waals surface area contributed by atoms with Gasteiger partial charge in [-0.3, -0.25) is 9.48 Å². The maximum atomic E-state index is 11.9. The number of amides is 1. The molecule has 0 aliphatic carbocycles. The molecule has 5 heteroatoms. The molecule has 0 saturated carbocycles. The summed E-state index contributed by atoms with van der Waals surface area (Å²) in [6, 6.07) is 9.33. The van der Waals surface area contributed by atoms with Crippen LogP contribution in [0.4, 0.5) is 0 Å². The highest BCUT2D eigenvalue weighted by atomic mass is 16.2. The largest absolute Gasteiger partial charge is 0.355 e. The van der Waals surface area contributed by atoms with Crippen LogP contribution < -0.4 is 11.1 Å². The van der Waals surface area contributed by atoms with Gasteiger partial charge in [0.15, 0.2) is 0 Å². The molecule has 1 heterocycles. The summed E-state index contributed by atoms with van der Waals surface area (Å²) in [7, 11) is 1.90. The molecule has 0 bridgehead atoms. The second-order valence-corrected chi connectivity index (χ2v) is 5.21. The molecule has 0 fully saturated rings. The van der Waals surface area contributed by atoms with E-state index in [2.05, 4.69) is 10.4 Å². The van der Waals surface area contributed by atoms with Crippen molar-refractivity contribution in [3.05, 3.63) is 53.9 Å². The first-order chi connectivity index (χ1) is 10.1. The van der Waals surface area contributed by atoms with Crippen molar-refractivity contribution in [1.82, 2.24) is 15.1 Å². The Bertz CT molecular complexity index is 565. The quantitative estimate of drug-likeness (QED) is 0.747. The standard InChI is InChI=1S/C16H22N4O/c1-20-12-14(11-19-20)8-5-9-18-16(21)15(17)10-13-6-3-2-4-7-13/h2-4,6-7,11-12,15H,5,8-10,17H2,1H3,(H,18,21)/t15-/m0/s1. The van der Waals surface area contributed by atoms with Crippen LogP contribution in [0.2, 0.25) is 0 Å². The van der Waals surface area contributed by atoms with Crippen molar-refractivity contribution in [1.29, 1.82) is 0 Å². The van der Waals surface area contributed by atoms with Crippen molar-refractivity contribution in [2.75, 3.05) is 6.54 Å². The van der Waals surface area contributed by atoms with Crippen molar-refractivity contribution in [2.24, 2.45) is 12.8 Å². The van der Waals surface area contributed by atoms with Crippen molar-refractivity contribution in [3.63, 3.8) is 0 Å². The fourth-order valence-electron chi connectivity index (χ4n) is 2.20. The third kappa shape index (κ3) is 5.04. The van der Waals surface area contributed by atoms with Crippen LogP contribution >= 0.6 is 0 Å². The van der Waals surface area contributed by atoms with Crippen LogP contribution in [-0.4, -0.2) is 28.3 Å². The highest BCUT2D eigenvalue weighted by Crippen LogP contribution is 2.02. The van der Waals surface area contributed by atoms with E-state index in [0.717, 1.165) is 18.4 Å². The van der Waals surface area contributed by atoms with Gasteiger partial charge in [-0.15, -0.1) is 0 Å². The van der Waals surface area contributed by atoms with E-state index in [1.54, 1.807) is 4.68 Å². The molecule has 0 aliphatic rings. The predicted octanol–water partition coefficient (Wildman–Crippen LogP) is 1.04. The molecule has 5 nitrogen and oxygen atoms in total. The molecule has 3 N–H and O–H groups in total. The summed E-state index contributed by atoms with van der Waals surface area (Å²) in [6.45, 7) is 0.635. The highest BCUT2D eigenvalue weighted by molar-refractivity contribution is 5.81. The second kappa shape index (κ2) is 7.59. The van der Waals surface area contributed by atoms with Crippen LogP contribution in [0.3, 0.4) is 0 Å². The van der Waals surface area contributed by atoms with Gasteiger partial charge in [0.05, 0.1) is 12.2 Å². The van der Waals surface area contributed by atoms with Crippen LogP contribution in [0, 0.1) is 0 Å². The maximum Gasteiger partial charge on any atom is 0.237 e. The Morgan fingerprint density at radius 2 is 2.10 bits per heavy atom. The average molecular weight is 286 g/mol. The zero-order valence-electron chi connectivity index (χ0n) is 12.3. The first-order valence-electron chi connectivity index (χ1n) is 7.20. The summed E-state index contributed by atoms with van der Waals surface area (Å²) in [4.78, 5) is 11.9. The van der Waals surface area contributed by atoms with E-state index >= 15 is 0 Å². The summed E-state index contributed by atoms with van der Waals surface area (Å²) in [5, 5.41) is 7.00. The number of nitrogens with zero attached hydrogens (tertiary/aromatic N) is 2. The van der Waals surface area contributed by atoms with Gasteiger partial charge in [0, 0.05) is 19.8 Å². The van der Waals surface area contributed by atoms with Gasteiger partial charge in [-0.2, -0.15) is 5.10 Å². The average Bonchev–Trinajstić information content (AvgIpc) is 2.90. The van der Waals surface area contributed by atoms with Gasteiger partial charge in [-0.05, 0) is 30.4 Å². The second-order valence-electron chi connectivity index (χ2n) is 5.21. The summed E-state index contributed by atoms with van der Waals surface area (Å²) in [5.74, 6) is -0.0926. The molecule has 0 unspecified atom stereocenters. The van der Waals surface area contributed by atoms with Gasteiger partial charge in [-0.25, -0.2) is 0 Å². The number of hydrogen-bond acceptors (Lipinski definition) is 3. The third-order valence-corrected chi connectivity index (χ3v) is 3.34. The van der Waals surface area contributed by atoms with E-state index in [1.165, 1.54) is 5.56 Å². The van der Waals surface area contributed by atoms with Crippen LogP contribution in [0.15, 0.2) is 42.7 Å². The minimum Gasteiger partial charge on any atom is -0.355 e. The summed E-state index contributed by atoms with van der Waals surface area (Å²) in [6.07, 6.45) is 6.19. The Hall–Kier alpha value is -2.14. The van der Waals surface area contributed by atoms with Crippen molar-refractivity contribution < 1.29 is 4.79 Å². The zero-order valence-corrected chi connectivity index (χ0v) is 12.3. The number of aromatic nitrogens is 2. The number of rotatable bonds is 7. The molecule has 2 rings (SSSR count). The molecule has 1 atom stereocenters. The number of aryl methyl sites for hydroxylation is 2. The van der Waals surface area contributed by atoms with Crippen molar-refractivity contribution >= 4 is 5.91 Å². The zero-order chi connectivity index (χ0) is 15.1. The fourth-order valence-corrected chi connectivity index (χ4v) is 2.20. The Kier molecular flexibility index (Phi) is 5.51. The number of carbonyl (C=O) groups excluding carboxylic acids is 1. The van der Waals surface area contributed by atoms with Gasteiger partial charge in [0.1, 0.15) is 0 Å². The first-order valence-corrected chi connectivity index (χ1v) is 7.20. The lowest BCUT2D eigenvalue weighted by Gasteiger charge is -2.12. The van der Waals surface area contributed by atoms with E-state index in [4.69, 9.17) is 5.73 Å². The van der Waals surface area contributed by atoms with Crippen LogP contribution in [-0.2, 0) is 24.7 Å². The monoisotopic (exact) mass is 286 g/mol. The SMILES string of the molecule is Cn1cc(CCCNC(=O)[C@@H](N)Cc2ccccc2)cn1. The molecule has 0 saturated heterocycles. The van der Waals surface area contributed by atoms with E-state index in [0.29, 0.717) is 13.0 Å². The summed E-state index contributed by atoms with van der Waals surface area (Å²) in [5.41, 5.74) is 8.18. The van der Waals surface area contributed by atoms with E-state index in [9.17, 15) is 4.79 Å². The van der Waals surface area contributed by atoms with Crippen molar-refractivity contribution in [3.8, 4) is 0 Å². The number of benzene rings is 1. The first kappa shape index (κ1) is 15.3. The number of nitrogens with two attached hydrogens (primary N) is 1. The number of hydrogen-bond donors (Lipinski definition) is 2. The van der Waals surface area contributed by atoms with Gasteiger partial charge in [-0.1, -0.05) is 30.3 Å². The molecule has 0 aliphatic heterocycles. The van der Waals surface area contributed by atoms with Crippen LogP contribution in [0.25, 0.3) is 0 Å². The molecule has 21 heavy (non-hydrogen) atoms. The Balaban J connectivity index is 1.67. The molecule has 112 valence electrons.